The van der Waals surface area contributed by atoms with Gasteiger partial charge in [-0.05, 0) is 42.6 Å². The summed E-state index contributed by atoms with van der Waals surface area (Å²) in [5, 5.41) is 4.93. The van der Waals surface area contributed by atoms with E-state index in [1.54, 1.807) is 49.6 Å². The van der Waals surface area contributed by atoms with Gasteiger partial charge in [-0.15, -0.1) is 11.3 Å². The topological polar surface area (TPSA) is 107 Å². The van der Waals surface area contributed by atoms with E-state index >= 15 is 0 Å². The lowest BCUT2D eigenvalue weighted by Gasteiger charge is -2.13. The second-order valence-electron chi connectivity index (χ2n) is 7.03. The zero-order valence-corrected chi connectivity index (χ0v) is 17.6. The van der Waals surface area contributed by atoms with Gasteiger partial charge in [-0.25, -0.2) is 4.98 Å². The number of amides is 1. The maximum atomic E-state index is 12.5. The molecule has 30 heavy (non-hydrogen) atoms. The van der Waals surface area contributed by atoms with Crippen molar-refractivity contribution >= 4 is 44.9 Å². The van der Waals surface area contributed by atoms with E-state index in [-0.39, 0.29) is 29.7 Å². The smallest absolute Gasteiger partial charge is 0.326 e. The van der Waals surface area contributed by atoms with Crippen molar-refractivity contribution in [3.8, 4) is 0 Å². The van der Waals surface area contributed by atoms with Crippen LogP contribution in [0.4, 0.5) is 5.69 Å². The molecule has 0 saturated carbocycles. The predicted molar refractivity (Wildman–Crippen MR) is 114 cm³/mol. The largest absolute Gasteiger partial charge is 0.453 e. The molecule has 0 aliphatic carbocycles. The van der Waals surface area contributed by atoms with E-state index in [4.69, 9.17) is 4.74 Å². The van der Waals surface area contributed by atoms with E-state index in [0.717, 1.165) is 4.57 Å². The molecule has 3 rings (SSSR count). The summed E-state index contributed by atoms with van der Waals surface area (Å²) in [5.41, 5.74) is 0.582. The normalized spacial score (nSPS) is 12.0. The first-order valence-corrected chi connectivity index (χ1v) is 10.2. The molecule has 0 aliphatic rings. The van der Waals surface area contributed by atoms with Gasteiger partial charge >= 0.3 is 5.97 Å². The van der Waals surface area contributed by atoms with Crippen LogP contribution < -0.4 is 10.9 Å². The van der Waals surface area contributed by atoms with Crippen LogP contribution >= 0.6 is 11.3 Å². The summed E-state index contributed by atoms with van der Waals surface area (Å²) in [6.45, 7) is 4.70. The van der Waals surface area contributed by atoms with Gasteiger partial charge < -0.3 is 10.1 Å². The Morgan fingerprint density at radius 3 is 2.50 bits per heavy atom. The van der Waals surface area contributed by atoms with Crippen molar-refractivity contribution in [2.45, 2.75) is 33.4 Å². The Morgan fingerprint density at radius 2 is 1.83 bits per heavy atom. The van der Waals surface area contributed by atoms with Crippen LogP contribution in [0.5, 0.6) is 0 Å². The average Bonchev–Trinajstić information content (AvgIpc) is 3.19. The Labute approximate surface area is 176 Å². The van der Waals surface area contributed by atoms with E-state index in [0.29, 0.717) is 21.5 Å². The highest BCUT2D eigenvalue weighted by Crippen LogP contribution is 2.15. The molecule has 0 saturated heterocycles. The molecule has 9 heteroatoms. The number of ether oxygens (including phenoxy) is 1. The molecule has 0 aliphatic heterocycles. The lowest BCUT2D eigenvalue weighted by atomic mass is 10.1. The van der Waals surface area contributed by atoms with Gasteiger partial charge in [-0.1, -0.05) is 13.8 Å². The number of nitrogens with one attached hydrogen (secondary N) is 1. The molecular formula is C21H21N3O5S. The fraction of sp³-hybridized carbons (Fsp3) is 0.286. The first kappa shape index (κ1) is 21.4. The standard InChI is InChI=1S/C21H21N3O5S/c1-12(2)19(27)23-15-6-4-14(5-7-15)18(26)13(3)29-17(25)10-24-11-22-20-16(21(24)28)8-9-30-20/h4-9,11-13H,10H2,1-3H3,(H,23,27)/t13-/m0/s1. The number of thiophene rings is 1. The minimum absolute atomic E-state index is 0.123. The van der Waals surface area contributed by atoms with Crippen LogP contribution in [0.3, 0.4) is 0 Å². The number of nitrogens with zero attached hydrogens (tertiary/aromatic N) is 2. The number of aromatic nitrogens is 2. The van der Waals surface area contributed by atoms with Gasteiger partial charge in [0, 0.05) is 17.2 Å². The molecule has 156 valence electrons. The van der Waals surface area contributed by atoms with Gasteiger partial charge in [-0.3, -0.25) is 23.7 Å². The third-order valence-corrected chi connectivity index (χ3v) is 5.21. The first-order chi connectivity index (χ1) is 14.3. The summed E-state index contributed by atoms with van der Waals surface area (Å²) < 4.78 is 6.36. The second-order valence-corrected chi connectivity index (χ2v) is 7.93. The summed E-state index contributed by atoms with van der Waals surface area (Å²) >= 11 is 1.34. The van der Waals surface area contributed by atoms with Gasteiger partial charge in [-0.2, -0.15) is 0 Å². The molecule has 2 heterocycles. The second kappa shape index (κ2) is 9.00. The predicted octanol–water partition coefficient (Wildman–Crippen LogP) is 2.87. The van der Waals surface area contributed by atoms with E-state index in [1.807, 2.05) is 0 Å². The SMILES string of the molecule is CC(C)C(=O)Nc1ccc(C(=O)[C@H](C)OC(=O)Cn2cnc3sccc3c2=O)cc1. The first-order valence-electron chi connectivity index (χ1n) is 9.33. The quantitative estimate of drug-likeness (QED) is 0.459. The Morgan fingerprint density at radius 1 is 1.13 bits per heavy atom. The number of Topliss-reactive ketones (excluding diaryl/α,β-unsaturated/α-hetero) is 1. The van der Waals surface area contributed by atoms with E-state index in [2.05, 4.69) is 10.3 Å². The minimum atomic E-state index is -1.03. The molecule has 1 atom stereocenters. The maximum absolute atomic E-state index is 12.5. The van der Waals surface area contributed by atoms with Crippen LogP contribution in [-0.2, 0) is 20.9 Å². The van der Waals surface area contributed by atoms with Crippen LogP contribution in [0.2, 0.25) is 0 Å². The summed E-state index contributed by atoms with van der Waals surface area (Å²) in [5.74, 6) is -1.38. The van der Waals surface area contributed by atoms with E-state index in [9.17, 15) is 19.2 Å². The maximum Gasteiger partial charge on any atom is 0.326 e. The molecule has 1 amide bonds. The van der Waals surface area contributed by atoms with Gasteiger partial charge in [0.2, 0.25) is 11.7 Å². The van der Waals surface area contributed by atoms with E-state index < -0.39 is 12.1 Å². The number of anilines is 1. The molecule has 1 N–H and O–H groups in total. The van der Waals surface area contributed by atoms with Crippen LogP contribution in [0.25, 0.3) is 10.2 Å². The van der Waals surface area contributed by atoms with Gasteiger partial charge in [0.05, 0.1) is 11.7 Å². The number of carbonyl (C=O) groups is 3. The number of carbonyl (C=O) groups excluding carboxylic acids is 3. The number of rotatable bonds is 7. The molecule has 0 unspecified atom stereocenters. The number of hydrogen-bond acceptors (Lipinski definition) is 7. The van der Waals surface area contributed by atoms with Gasteiger partial charge in [0.15, 0.2) is 6.10 Å². The number of ketones is 1. The summed E-state index contributed by atoms with van der Waals surface area (Å²) in [4.78, 5) is 53.6. The van der Waals surface area contributed by atoms with Crippen LogP contribution in [-0.4, -0.2) is 33.3 Å². The zero-order chi connectivity index (χ0) is 21.8. The molecule has 0 fully saturated rings. The van der Waals surface area contributed by atoms with Crippen molar-refractivity contribution in [1.82, 2.24) is 9.55 Å². The monoisotopic (exact) mass is 427 g/mol. The highest BCUT2D eigenvalue weighted by molar-refractivity contribution is 7.16. The van der Waals surface area contributed by atoms with E-state index in [1.165, 1.54) is 24.6 Å². The Kier molecular flexibility index (Phi) is 6.41. The number of fused-ring (bicyclic) bond motifs is 1. The van der Waals surface area contributed by atoms with Crippen molar-refractivity contribution in [3.05, 3.63) is 58.0 Å². The summed E-state index contributed by atoms with van der Waals surface area (Å²) in [6, 6.07) is 7.99. The fourth-order valence-corrected chi connectivity index (χ4v) is 3.40. The molecule has 8 nitrogen and oxygen atoms in total. The molecule has 0 spiro atoms. The number of hydrogen-bond donors (Lipinski definition) is 1. The Balaban J connectivity index is 1.61. The summed E-state index contributed by atoms with van der Waals surface area (Å²) in [6.07, 6.45) is 0.265. The third-order valence-electron chi connectivity index (χ3n) is 4.39. The van der Waals surface area contributed by atoms with Crippen molar-refractivity contribution in [2.75, 3.05) is 5.32 Å². The van der Waals surface area contributed by atoms with Gasteiger partial charge in [0.1, 0.15) is 11.4 Å². The van der Waals surface area contributed by atoms with Crippen molar-refractivity contribution in [2.24, 2.45) is 5.92 Å². The molecule has 0 bridgehead atoms. The van der Waals surface area contributed by atoms with Crippen molar-refractivity contribution < 1.29 is 19.1 Å². The molecule has 3 aromatic rings. The Hall–Kier alpha value is -3.33. The molecule has 2 aromatic heterocycles. The Bertz CT molecular complexity index is 1150. The van der Waals surface area contributed by atoms with Crippen LogP contribution in [0.15, 0.2) is 46.8 Å². The van der Waals surface area contributed by atoms with Crippen molar-refractivity contribution in [1.29, 1.82) is 0 Å². The molecule has 0 radical (unpaired) electrons. The molecule has 1 aromatic carbocycles. The average molecular weight is 427 g/mol. The highest BCUT2D eigenvalue weighted by atomic mass is 32.1. The number of benzene rings is 1. The molecular weight excluding hydrogens is 406 g/mol. The van der Waals surface area contributed by atoms with Gasteiger partial charge in [0.25, 0.3) is 5.56 Å². The highest BCUT2D eigenvalue weighted by Gasteiger charge is 2.20. The fourth-order valence-electron chi connectivity index (χ4n) is 2.67. The minimum Gasteiger partial charge on any atom is -0.453 e. The van der Waals surface area contributed by atoms with Crippen LogP contribution in [0.1, 0.15) is 31.1 Å². The number of esters is 1. The van der Waals surface area contributed by atoms with Crippen molar-refractivity contribution in [3.63, 3.8) is 0 Å². The van der Waals surface area contributed by atoms with Crippen LogP contribution in [0, 0.1) is 5.92 Å². The zero-order valence-electron chi connectivity index (χ0n) is 16.7. The lowest BCUT2D eigenvalue weighted by molar-refractivity contribution is -0.147. The summed E-state index contributed by atoms with van der Waals surface area (Å²) in [7, 11) is 0. The lowest BCUT2D eigenvalue weighted by Crippen LogP contribution is -2.30. The third kappa shape index (κ3) is 4.80.